The number of nitro groups is 1. The van der Waals surface area contributed by atoms with E-state index in [2.05, 4.69) is 18.3 Å². The SMILES string of the molecule is CCc1ccccc1CNc1cccc(OC)c1[N+](=O)[O-]. The van der Waals surface area contributed by atoms with Crippen LogP contribution in [0.1, 0.15) is 18.1 Å². The third-order valence-corrected chi connectivity index (χ3v) is 3.37. The van der Waals surface area contributed by atoms with Crippen LogP contribution in [0.15, 0.2) is 42.5 Å². The molecule has 2 aromatic carbocycles. The van der Waals surface area contributed by atoms with E-state index in [1.165, 1.54) is 12.7 Å². The molecule has 2 rings (SSSR count). The molecule has 0 fully saturated rings. The highest BCUT2D eigenvalue weighted by Crippen LogP contribution is 2.34. The van der Waals surface area contributed by atoms with Crippen molar-refractivity contribution in [3.63, 3.8) is 0 Å². The first-order valence-corrected chi connectivity index (χ1v) is 6.79. The standard InChI is InChI=1S/C16H18N2O3/c1-3-12-7-4-5-8-13(12)11-17-14-9-6-10-15(21-2)16(14)18(19)20/h4-10,17H,3,11H2,1-2H3. The second-order valence-electron chi connectivity index (χ2n) is 4.59. The predicted octanol–water partition coefficient (Wildman–Crippen LogP) is 3.78. The van der Waals surface area contributed by atoms with Crippen molar-refractivity contribution in [2.75, 3.05) is 12.4 Å². The molecule has 110 valence electrons. The Morgan fingerprint density at radius 2 is 1.86 bits per heavy atom. The van der Waals surface area contributed by atoms with Gasteiger partial charge in [-0.15, -0.1) is 0 Å². The minimum absolute atomic E-state index is 0.0334. The van der Waals surface area contributed by atoms with Crippen LogP contribution in [0.25, 0.3) is 0 Å². The van der Waals surface area contributed by atoms with Gasteiger partial charge in [-0.05, 0) is 29.7 Å². The van der Waals surface area contributed by atoms with Gasteiger partial charge in [-0.3, -0.25) is 10.1 Å². The van der Waals surface area contributed by atoms with E-state index in [9.17, 15) is 10.1 Å². The van der Waals surface area contributed by atoms with Crippen LogP contribution >= 0.6 is 0 Å². The van der Waals surface area contributed by atoms with E-state index in [0.29, 0.717) is 12.2 Å². The lowest BCUT2D eigenvalue weighted by Crippen LogP contribution is -2.05. The van der Waals surface area contributed by atoms with Crippen LogP contribution in [0.2, 0.25) is 0 Å². The minimum Gasteiger partial charge on any atom is -0.490 e. The molecule has 5 heteroatoms. The first-order valence-electron chi connectivity index (χ1n) is 6.79. The molecule has 21 heavy (non-hydrogen) atoms. The molecule has 0 aliphatic carbocycles. The molecular formula is C16H18N2O3. The fourth-order valence-electron chi connectivity index (χ4n) is 2.28. The van der Waals surface area contributed by atoms with Gasteiger partial charge in [0.25, 0.3) is 0 Å². The number of hydrogen-bond acceptors (Lipinski definition) is 4. The van der Waals surface area contributed by atoms with E-state index in [0.717, 1.165) is 12.0 Å². The summed E-state index contributed by atoms with van der Waals surface area (Å²) in [5, 5.41) is 14.4. The zero-order valence-electron chi connectivity index (χ0n) is 12.1. The van der Waals surface area contributed by atoms with Crippen LogP contribution in [0, 0.1) is 10.1 Å². The molecule has 0 saturated carbocycles. The Morgan fingerprint density at radius 1 is 1.14 bits per heavy atom. The first-order chi connectivity index (χ1) is 10.2. The Balaban J connectivity index is 2.26. The number of aryl methyl sites for hydroxylation is 1. The van der Waals surface area contributed by atoms with Gasteiger partial charge in [0.05, 0.1) is 12.0 Å². The average molecular weight is 286 g/mol. The van der Waals surface area contributed by atoms with E-state index in [1.54, 1.807) is 18.2 Å². The molecule has 0 aromatic heterocycles. The molecule has 0 atom stereocenters. The van der Waals surface area contributed by atoms with Gasteiger partial charge in [-0.25, -0.2) is 0 Å². The molecule has 0 spiro atoms. The summed E-state index contributed by atoms with van der Waals surface area (Å²) in [6, 6.07) is 13.1. The monoisotopic (exact) mass is 286 g/mol. The summed E-state index contributed by atoms with van der Waals surface area (Å²) in [5.41, 5.74) is 2.80. The van der Waals surface area contributed by atoms with Gasteiger partial charge in [-0.2, -0.15) is 0 Å². The first kappa shape index (κ1) is 14.8. The van der Waals surface area contributed by atoms with Crippen LogP contribution in [-0.4, -0.2) is 12.0 Å². The van der Waals surface area contributed by atoms with Crippen molar-refractivity contribution < 1.29 is 9.66 Å². The van der Waals surface area contributed by atoms with Crippen LogP contribution in [0.4, 0.5) is 11.4 Å². The molecule has 5 nitrogen and oxygen atoms in total. The molecule has 0 saturated heterocycles. The number of nitro benzene ring substituents is 1. The van der Waals surface area contributed by atoms with Crippen molar-refractivity contribution in [1.29, 1.82) is 0 Å². The van der Waals surface area contributed by atoms with Crippen molar-refractivity contribution in [3.05, 3.63) is 63.7 Å². The summed E-state index contributed by atoms with van der Waals surface area (Å²) in [5.74, 6) is 0.258. The fourth-order valence-corrected chi connectivity index (χ4v) is 2.28. The summed E-state index contributed by atoms with van der Waals surface area (Å²) in [4.78, 5) is 10.8. The number of anilines is 1. The Hall–Kier alpha value is -2.56. The van der Waals surface area contributed by atoms with Gasteiger partial charge >= 0.3 is 5.69 Å². The zero-order valence-corrected chi connectivity index (χ0v) is 12.1. The Kier molecular flexibility index (Phi) is 4.77. The lowest BCUT2D eigenvalue weighted by atomic mass is 10.1. The quantitative estimate of drug-likeness (QED) is 0.648. The predicted molar refractivity (Wildman–Crippen MR) is 82.8 cm³/mol. The van der Waals surface area contributed by atoms with Gasteiger partial charge in [0.15, 0.2) is 5.75 Å². The van der Waals surface area contributed by atoms with Crippen LogP contribution in [0.5, 0.6) is 5.75 Å². The smallest absolute Gasteiger partial charge is 0.333 e. The van der Waals surface area contributed by atoms with Crippen LogP contribution < -0.4 is 10.1 Å². The highest BCUT2D eigenvalue weighted by molar-refractivity contribution is 5.68. The summed E-state index contributed by atoms with van der Waals surface area (Å²) < 4.78 is 5.06. The van der Waals surface area contributed by atoms with Crippen LogP contribution in [-0.2, 0) is 13.0 Å². The fraction of sp³-hybridized carbons (Fsp3) is 0.250. The summed E-state index contributed by atoms with van der Waals surface area (Å²) >= 11 is 0. The van der Waals surface area contributed by atoms with E-state index in [4.69, 9.17) is 4.74 Å². The van der Waals surface area contributed by atoms with Crippen molar-refractivity contribution >= 4 is 11.4 Å². The van der Waals surface area contributed by atoms with Crippen molar-refractivity contribution in [3.8, 4) is 5.75 Å². The van der Waals surface area contributed by atoms with E-state index >= 15 is 0 Å². The minimum atomic E-state index is -0.424. The average Bonchev–Trinajstić information content (AvgIpc) is 2.52. The molecule has 0 aliphatic heterocycles. The molecule has 0 amide bonds. The number of benzene rings is 2. The summed E-state index contributed by atoms with van der Waals surface area (Å²) in [6.07, 6.45) is 0.929. The molecule has 0 heterocycles. The van der Waals surface area contributed by atoms with Gasteiger partial charge in [0, 0.05) is 6.54 Å². The lowest BCUT2D eigenvalue weighted by molar-refractivity contribution is -0.384. The highest BCUT2D eigenvalue weighted by atomic mass is 16.6. The van der Waals surface area contributed by atoms with Gasteiger partial charge < -0.3 is 10.1 Å². The third-order valence-electron chi connectivity index (χ3n) is 3.37. The van der Waals surface area contributed by atoms with Gasteiger partial charge in [0.2, 0.25) is 0 Å². The van der Waals surface area contributed by atoms with E-state index < -0.39 is 4.92 Å². The van der Waals surface area contributed by atoms with Crippen molar-refractivity contribution in [2.45, 2.75) is 19.9 Å². The Bertz CT molecular complexity index is 641. The van der Waals surface area contributed by atoms with Gasteiger partial charge in [-0.1, -0.05) is 37.3 Å². The second kappa shape index (κ2) is 6.74. The zero-order chi connectivity index (χ0) is 15.2. The second-order valence-corrected chi connectivity index (χ2v) is 4.59. The van der Waals surface area contributed by atoms with E-state index in [1.807, 2.05) is 18.2 Å². The number of methoxy groups -OCH3 is 1. The van der Waals surface area contributed by atoms with Crippen LogP contribution in [0.3, 0.4) is 0 Å². The normalized spacial score (nSPS) is 10.2. The third kappa shape index (κ3) is 3.31. The van der Waals surface area contributed by atoms with Crippen molar-refractivity contribution in [2.24, 2.45) is 0 Å². The number of hydrogen-bond donors (Lipinski definition) is 1. The Labute approximate surface area is 123 Å². The van der Waals surface area contributed by atoms with Crippen molar-refractivity contribution in [1.82, 2.24) is 0 Å². The number of rotatable bonds is 6. The summed E-state index contributed by atoms with van der Waals surface area (Å²) in [7, 11) is 1.43. The lowest BCUT2D eigenvalue weighted by Gasteiger charge is -2.11. The topological polar surface area (TPSA) is 64.4 Å². The molecule has 1 N–H and O–H groups in total. The molecule has 0 radical (unpaired) electrons. The number of para-hydroxylation sites is 1. The molecule has 0 unspecified atom stereocenters. The molecule has 2 aromatic rings. The van der Waals surface area contributed by atoms with Gasteiger partial charge in [0.1, 0.15) is 5.69 Å². The maximum atomic E-state index is 11.2. The summed E-state index contributed by atoms with van der Waals surface area (Å²) in [6.45, 7) is 2.63. The largest absolute Gasteiger partial charge is 0.490 e. The Morgan fingerprint density at radius 3 is 2.48 bits per heavy atom. The highest BCUT2D eigenvalue weighted by Gasteiger charge is 2.20. The maximum absolute atomic E-state index is 11.2. The number of ether oxygens (including phenoxy) is 1. The molecule has 0 bridgehead atoms. The number of nitrogens with one attached hydrogen (secondary N) is 1. The number of nitrogens with zero attached hydrogens (tertiary/aromatic N) is 1. The van der Waals surface area contributed by atoms with E-state index in [-0.39, 0.29) is 11.4 Å². The molecular weight excluding hydrogens is 268 g/mol. The molecule has 0 aliphatic rings. The maximum Gasteiger partial charge on any atom is 0.333 e.